The molecule has 0 unspecified atom stereocenters. The molecular weight excluding hydrogens is 286 g/mol. The number of nitrogens with zero attached hydrogens (tertiary/aromatic N) is 1. The van der Waals surface area contributed by atoms with Crippen LogP contribution in [0.4, 0.5) is 5.69 Å². The van der Waals surface area contributed by atoms with Crippen LogP contribution in [-0.4, -0.2) is 16.0 Å². The lowest BCUT2D eigenvalue weighted by Gasteiger charge is -2.07. The molecule has 0 aliphatic carbocycles. The van der Waals surface area contributed by atoms with Crippen molar-refractivity contribution in [3.05, 3.63) is 69.8 Å². The molecule has 2 rings (SSSR count). The fraction of sp³-hybridized carbons (Fsp3) is 0.188. The molecule has 0 saturated carbocycles. The highest BCUT2D eigenvalue weighted by molar-refractivity contribution is 5.92. The monoisotopic (exact) mass is 303 g/mol. The molecule has 0 fully saturated rings. The first-order chi connectivity index (χ1) is 10.6. The molecule has 2 aromatic carbocycles. The van der Waals surface area contributed by atoms with Crippen LogP contribution < -0.4 is 4.74 Å². The minimum Gasteiger partial charge on any atom is -0.489 e. The van der Waals surface area contributed by atoms with Gasteiger partial charge >= 0.3 is 5.97 Å². The van der Waals surface area contributed by atoms with E-state index in [0.29, 0.717) is 0 Å². The predicted molar refractivity (Wildman–Crippen MR) is 82.2 cm³/mol. The van der Waals surface area contributed by atoms with Crippen LogP contribution in [0.5, 0.6) is 5.75 Å². The molecule has 0 bridgehead atoms. The summed E-state index contributed by atoms with van der Waals surface area (Å²) in [6, 6.07) is 13.0. The third-order valence-electron chi connectivity index (χ3n) is 2.64. The molecule has 22 heavy (non-hydrogen) atoms. The largest absolute Gasteiger partial charge is 0.489 e. The average molecular weight is 303 g/mol. The Kier molecular flexibility index (Phi) is 6.56. The van der Waals surface area contributed by atoms with Crippen molar-refractivity contribution in [1.29, 1.82) is 0 Å². The molecule has 6 heteroatoms. The lowest BCUT2D eigenvalue weighted by atomic mass is 10.1. The minimum absolute atomic E-state index is 0.254. The number of carbonyl (C=O) groups is 1. The van der Waals surface area contributed by atoms with Crippen molar-refractivity contribution in [2.75, 3.05) is 0 Å². The highest BCUT2D eigenvalue weighted by atomic mass is 16.6. The standard InChI is InChI=1S/C14H11NO5.C2H6/c16-14(17)12-7-6-11(8-13(12)15(18)19)20-9-10-4-2-1-3-5-10;1-2/h1-8H,9H2,(H,16,17);1-2H3. The van der Waals surface area contributed by atoms with Crippen molar-refractivity contribution in [3.63, 3.8) is 0 Å². The van der Waals surface area contributed by atoms with Gasteiger partial charge in [-0.1, -0.05) is 44.2 Å². The maximum absolute atomic E-state index is 10.9. The SMILES string of the molecule is CC.O=C(O)c1ccc(OCc2ccccc2)cc1[N+](=O)[O-]. The highest BCUT2D eigenvalue weighted by Crippen LogP contribution is 2.25. The molecule has 0 aromatic heterocycles. The molecule has 0 heterocycles. The van der Waals surface area contributed by atoms with E-state index in [0.717, 1.165) is 11.6 Å². The van der Waals surface area contributed by atoms with Crippen LogP contribution in [0.25, 0.3) is 0 Å². The average Bonchev–Trinajstić information content (AvgIpc) is 2.55. The Balaban J connectivity index is 0.00000116. The Morgan fingerprint density at radius 3 is 2.36 bits per heavy atom. The Morgan fingerprint density at radius 1 is 1.18 bits per heavy atom. The zero-order valence-electron chi connectivity index (χ0n) is 12.4. The quantitative estimate of drug-likeness (QED) is 0.668. The van der Waals surface area contributed by atoms with Gasteiger partial charge in [-0.05, 0) is 17.7 Å². The molecule has 0 saturated heterocycles. The van der Waals surface area contributed by atoms with Crippen molar-refractivity contribution in [2.24, 2.45) is 0 Å². The van der Waals surface area contributed by atoms with Crippen LogP contribution in [0.2, 0.25) is 0 Å². The molecular formula is C16H17NO5. The van der Waals surface area contributed by atoms with Gasteiger partial charge in [-0.3, -0.25) is 10.1 Å². The van der Waals surface area contributed by atoms with Gasteiger partial charge in [0.15, 0.2) is 0 Å². The number of carboxylic acids is 1. The van der Waals surface area contributed by atoms with Gasteiger partial charge < -0.3 is 9.84 Å². The zero-order chi connectivity index (χ0) is 16.5. The predicted octanol–water partition coefficient (Wildman–Crippen LogP) is 3.90. The Morgan fingerprint density at radius 2 is 1.82 bits per heavy atom. The zero-order valence-corrected chi connectivity index (χ0v) is 12.4. The van der Waals surface area contributed by atoms with E-state index in [1.54, 1.807) is 0 Å². The van der Waals surface area contributed by atoms with Gasteiger partial charge in [0, 0.05) is 0 Å². The smallest absolute Gasteiger partial charge is 0.342 e. The molecule has 0 amide bonds. The van der Waals surface area contributed by atoms with E-state index >= 15 is 0 Å². The van der Waals surface area contributed by atoms with E-state index in [-0.39, 0.29) is 17.9 Å². The number of hydrogen-bond donors (Lipinski definition) is 1. The van der Waals surface area contributed by atoms with Crippen LogP contribution in [-0.2, 0) is 6.61 Å². The van der Waals surface area contributed by atoms with Crippen molar-refractivity contribution in [2.45, 2.75) is 20.5 Å². The topological polar surface area (TPSA) is 89.7 Å². The maximum atomic E-state index is 10.9. The molecule has 0 spiro atoms. The van der Waals surface area contributed by atoms with E-state index in [4.69, 9.17) is 9.84 Å². The number of carboxylic acid groups (broad SMARTS) is 1. The molecule has 0 aliphatic rings. The van der Waals surface area contributed by atoms with Gasteiger partial charge in [-0.15, -0.1) is 0 Å². The van der Waals surface area contributed by atoms with Crippen LogP contribution >= 0.6 is 0 Å². The number of rotatable bonds is 5. The van der Waals surface area contributed by atoms with E-state index in [1.165, 1.54) is 12.1 Å². The van der Waals surface area contributed by atoms with Crippen LogP contribution in [0, 0.1) is 10.1 Å². The molecule has 0 atom stereocenters. The first kappa shape index (κ1) is 17.2. The maximum Gasteiger partial charge on any atom is 0.342 e. The van der Waals surface area contributed by atoms with Gasteiger partial charge in [-0.2, -0.15) is 0 Å². The number of nitro benzene ring substituents is 1. The fourth-order valence-corrected chi connectivity index (χ4v) is 1.67. The lowest BCUT2D eigenvalue weighted by molar-refractivity contribution is -0.385. The lowest BCUT2D eigenvalue weighted by Crippen LogP contribution is -2.03. The summed E-state index contributed by atoms with van der Waals surface area (Å²) in [5, 5.41) is 19.7. The van der Waals surface area contributed by atoms with Gasteiger partial charge in [0.1, 0.15) is 17.9 Å². The summed E-state index contributed by atoms with van der Waals surface area (Å²) in [4.78, 5) is 21.0. The molecule has 2 aromatic rings. The van der Waals surface area contributed by atoms with Crippen molar-refractivity contribution in [3.8, 4) is 5.75 Å². The molecule has 1 N–H and O–H groups in total. The number of hydrogen-bond acceptors (Lipinski definition) is 4. The van der Waals surface area contributed by atoms with Crippen molar-refractivity contribution in [1.82, 2.24) is 0 Å². The Bertz CT molecular complexity index is 640. The highest BCUT2D eigenvalue weighted by Gasteiger charge is 2.20. The second-order valence-corrected chi connectivity index (χ2v) is 4.02. The van der Waals surface area contributed by atoms with Gasteiger partial charge in [0.05, 0.1) is 11.0 Å². The number of benzene rings is 2. The number of nitro groups is 1. The molecule has 0 aliphatic heterocycles. The van der Waals surface area contributed by atoms with Crippen LogP contribution in [0.3, 0.4) is 0 Å². The first-order valence-electron chi connectivity index (χ1n) is 6.76. The minimum atomic E-state index is -1.34. The Labute approximate surface area is 128 Å². The number of aromatic carboxylic acids is 1. The third-order valence-corrected chi connectivity index (χ3v) is 2.64. The third kappa shape index (κ3) is 4.59. The molecule has 6 nitrogen and oxygen atoms in total. The van der Waals surface area contributed by atoms with Crippen LogP contribution in [0.15, 0.2) is 48.5 Å². The van der Waals surface area contributed by atoms with E-state index in [9.17, 15) is 14.9 Å². The normalized spacial score (nSPS) is 9.36. The van der Waals surface area contributed by atoms with Crippen LogP contribution in [0.1, 0.15) is 29.8 Å². The summed E-state index contributed by atoms with van der Waals surface area (Å²) in [5.41, 5.74) is 0.0718. The summed E-state index contributed by atoms with van der Waals surface area (Å²) in [7, 11) is 0. The van der Waals surface area contributed by atoms with E-state index in [2.05, 4.69) is 0 Å². The summed E-state index contributed by atoms with van der Waals surface area (Å²) in [5.74, 6) is -1.09. The second kappa shape index (κ2) is 8.41. The van der Waals surface area contributed by atoms with Crippen molar-refractivity contribution < 1.29 is 19.6 Å². The van der Waals surface area contributed by atoms with Gasteiger partial charge in [-0.25, -0.2) is 4.79 Å². The summed E-state index contributed by atoms with van der Waals surface area (Å²) < 4.78 is 5.42. The molecule has 116 valence electrons. The van der Waals surface area contributed by atoms with Crippen molar-refractivity contribution >= 4 is 11.7 Å². The Hall–Kier alpha value is -2.89. The fourth-order valence-electron chi connectivity index (χ4n) is 1.67. The summed E-state index contributed by atoms with van der Waals surface area (Å²) in [6.45, 7) is 4.25. The second-order valence-electron chi connectivity index (χ2n) is 4.02. The first-order valence-corrected chi connectivity index (χ1v) is 6.76. The van der Waals surface area contributed by atoms with E-state index in [1.807, 2.05) is 44.2 Å². The van der Waals surface area contributed by atoms with Gasteiger partial charge in [0.2, 0.25) is 0 Å². The number of ether oxygens (including phenoxy) is 1. The summed E-state index contributed by atoms with van der Waals surface area (Å²) >= 11 is 0. The van der Waals surface area contributed by atoms with Gasteiger partial charge in [0.25, 0.3) is 5.69 Å². The molecule has 0 radical (unpaired) electrons. The van der Waals surface area contributed by atoms with E-state index < -0.39 is 16.6 Å². The summed E-state index contributed by atoms with van der Waals surface area (Å²) in [6.07, 6.45) is 0.